The fourth-order valence-electron chi connectivity index (χ4n) is 3.83. The van der Waals surface area contributed by atoms with E-state index in [-0.39, 0.29) is 17.4 Å². The predicted octanol–water partition coefficient (Wildman–Crippen LogP) is 3.87. The molecular formula is C21H33FN6. The van der Waals surface area contributed by atoms with Gasteiger partial charge in [0.25, 0.3) is 0 Å². The van der Waals surface area contributed by atoms with Crippen molar-refractivity contribution in [2.24, 2.45) is 5.92 Å². The monoisotopic (exact) mass is 388 g/mol. The van der Waals surface area contributed by atoms with Crippen molar-refractivity contribution in [1.82, 2.24) is 25.1 Å². The van der Waals surface area contributed by atoms with Crippen LogP contribution in [0.25, 0.3) is 0 Å². The maximum Gasteiger partial charge on any atom is 0.168 e. The van der Waals surface area contributed by atoms with Crippen LogP contribution in [0.1, 0.15) is 59.3 Å². The van der Waals surface area contributed by atoms with Crippen LogP contribution in [0.3, 0.4) is 0 Å². The van der Waals surface area contributed by atoms with E-state index < -0.39 is 0 Å². The minimum absolute atomic E-state index is 0.122. The summed E-state index contributed by atoms with van der Waals surface area (Å²) in [6.07, 6.45) is 1.96. The Balaban J connectivity index is 1.80. The highest BCUT2D eigenvalue weighted by Crippen LogP contribution is 2.31. The van der Waals surface area contributed by atoms with E-state index in [9.17, 15) is 4.39 Å². The number of benzene rings is 1. The standard InChI is InChI=1S/C21H33FN6/c1-6-21(4,5)28-20(23-24-25-28)19(15-16(2)3)27-13-11-26(12-14-27)18-10-8-7-9-17(18)22/h7-10,16,19H,6,11-15H2,1-5H3/t19-/m1/s1. The molecule has 1 aromatic heterocycles. The van der Waals surface area contributed by atoms with E-state index in [0.29, 0.717) is 11.6 Å². The molecule has 6 nitrogen and oxygen atoms in total. The van der Waals surface area contributed by atoms with Crippen molar-refractivity contribution >= 4 is 5.69 Å². The molecule has 1 aliphatic heterocycles. The Morgan fingerprint density at radius 2 is 1.79 bits per heavy atom. The summed E-state index contributed by atoms with van der Waals surface area (Å²) >= 11 is 0. The fourth-order valence-corrected chi connectivity index (χ4v) is 3.83. The molecule has 0 aliphatic carbocycles. The lowest BCUT2D eigenvalue weighted by molar-refractivity contribution is 0.143. The van der Waals surface area contributed by atoms with Crippen LogP contribution in [0.4, 0.5) is 10.1 Å². The molecule has 0 bridgehead atoms. The average Bonchev–Trinajstić information content (AvgIpc) is 3.17. The van der Waals surface area contributed by atoms with Gasteiger partial charge in [-0.1, -0.05) is 32.9 Å². The lowest BCUT2D eigenvalue weighted by Gasteiger charge is -2.41. The molecule has 0 saturated carbocycles. The Morgan fingerprint density at radius 3 is 2.39 bits per heavy atom. The van der Waals surface area contributed by atoms with Crippen LogP contribution in [0.5, 0.6) is 0 Å². The summed E-state index contributed by atoms with van der Waals surface area (Å²) in [5, 5.41) is 12.8. The summed E-state index contributed by atoms with van der Waals surface area (Å²) < 4.78 is 16.2. The van der Waals surface area contributed by atoms with Gasteiger partial charge in [0.15, 0.2) is 5.82 Å². The lowest BCUT2D eigenvalue weighted by atomic mass is 9.98. The summed E-state index contributed by atoms with van der Waals surface area (Å²) in [5.74, 6) is 1.33. The van der Waals surface area contributed by atoms with Crippen LogP contribution >= 0.6 is 0 Å². The molecule has 0 radical (unpaired) electrons. The van der Waals surface area contributed by atoms with Crippen LogP contribution < -0.4 is 4.90 Å². The van der Waals surface area contributed by atoms with E-state index in [0.717, 1.165) is 44.8 Å². The van der Waals surface area contributed by atoms with Crippen molar-refractivity contribution in [3.63, 3.8) is 0 Å². The van der Waals surface area contributed by atoms with Crippen molar-refractivity contribution in [3.05, 3.63) is 35.9 Å². The summed E-state index contributed by atoms with van der Waals surface area (Å²) in [6, 6.07) is 7.20. The lowest BCUT2D eigenvalue weighted by Crippen LogP contribution is -2.49. The van der Waals surface area contributed by atoms with Gasteiger partial charge in [0.2, 0.25) is 0 Å². The summed E-state index contributed by atoms with van der Waals surface area (Å²) in [5.41, 5.74) is 0.572. The minimum Gasteiger partial charge on any atom is -0.367 e. The van der Waals surface area contributed by atoms with Gasteiger partial charge in [-0.05, 0) is 55.2 Å². The first-order chi connectivity index (χ1) is 13.3. The molecule has 1 fully saturated rings. The van der Waals surface area contributed by atoms with Gasteiger partial charge < -0.3 is 4.90 Å². The zero-order valence-electron chi connectivity index (χ0n) is 17.8. The van der Waals surface area contributed by atoms with Crippen LogP contribution in [-0.2, 0) is 5.54 Å². The topological polar surface area (TPSA) is 50.1 Å². The molecule has 1 aromatic carbocycles. The van der Waals surface area contributed by atoms with Gasteiger partial charge >= 0.3 is 0 Å². The van der Waals surface area contributed by atoms with Crippen molar-refractivity contribution in [1.29, 1.82) is 0 Å². The number of hydrogen-bond acceptors (Lipinski definition) is 5. The Kier molecular flexibility index (Phi) is 6.33. The molecule has 0 unspecified atom stereocenters. The highest BCUT2D eigenvalue weighted by Gasteiger charge is 2.33. The first kappa shape index (κ1) is 20.7. The Hall–Kier alpha value is -2.02. The first-order valence-electron chi connectivity index (χ1n) is 10.4. The van der Waals surface area contributed by atoms with Gasteiger partial charge in [0.05, 0.1) is 17.3 Å². The predicted molar refractivity (Wildman–Crippen MR) is 110 cm³/mol. The number of tetrazole rings is 1. The zero-order valence-corrected chi connectivity index (χ0v) is 17.8. The number of anilines is 1. The Morgan fingerprint density at radius 1 is 1.11 bits per heavy atom. The zero-order chi connectivity index (χ0) is 20.3. The summed E-state index contributed by atoms with van der Waals surface area (Å²) in [6.45, 7) is 14.3. The number of nitrogens with zero attached hydrogens (tertiary/aromatic N) is 6. The van der Waals surface area contributed by atoms with Gasteiger partial charge in [0.1, 0.15) is 5.82 Å². The van der Waals surface area contributed by atoms with Crippen molar-refractivity contribution in [2.45, 2.75) is 59.0 Å². The third-order valence-electron chi connectivity index (χ3n) is 5.87. The number of halogens is 1. The molecule has 2 aromatic rings. The first-order valence-corrected chi connectivity index (χ1v) is 10.4. The third kappa shape index (κ3) is 4.35. The molecule has 0 amide bonds. The second-order valence-corrected chi connectivity index (χ2v) is 8.73. The van der Waals surface area contributed by atoms with Gasteiger partial charge in [-0.15, -0.1) is 5.10 Å². The van der Waals surface area contributed by atoms with Crippen molar-refractivity contribution < 1.29 is 4.39 Å². The van der Waals surface area contributed by atoms with E-state index in [1.165, 1.54) is 6.07 Å². The fraction of sp³-hybridized carbons (Fsp3) is 0.667. The molecule has 3 rings (SSSR count). The molecule has 7 heteroatoms. The smallest absolute Gasteiger partial charge is 0.168 e. The minimum atomic E-state index is -0.150. The number of hydrogen-bond donors (Lipinski definition) is 0. The van der Waals surface area contributed by atoms with Gasteiger partial charge in [-0.3, -0.25) is 4.90 Å². The molecule has 28 heavy (non-hydrogen) atoms. The molecule has 0 N–H and O–H groups in total. The van der Waals surface area contributed by atoms with Gasteiger partial charge in [-0.25, -0.2) is 9.07 Å². The van der Waals surface area contributed by atoms with E-state index in [1.54, 1.807) is 6.07 Å². The van der Waals surface area contributed by atoms with Gasteiger partial charge in [0, 0.05) is 26.2 Å². The van der Waals surface area contributed by atoms with Crippen LogP contribution in [0, 0.1) is 11.7 Å². The average molecular weight is 389 g/mol. The van der Waals surface area contributed by atoms with E-state index in [1.807, 2.05) is 16.8 Å². The third-order valence-corrected chi connectivity index (χ3v) is 5.87. The highest BCUT2D eigenvalue weighted by molar-refractivity contribution is 5.48. The molecular weight excluding hydrogens is 355 g/mol. The van der Waals surface area contributed by atoms with Gasteiger partial charge in [-0.2, -0.15) is 0 Å². The maximum atomic E-state index is 14.2. The number of para-hydroxylation sites is 1. The quantitative estimate of drug-likeness (QED) is 0.721. The molecule has 1 aliphatic rings. The molecule has 154 valence electrons. The molecule has 1 atom stereocenters. The Labute approximate surface area is 167 Å². The van der Waals surface area contributed by atoms with Crippen molar-refractivity contribution in [2.75, 3.05) is 31.1 Å². The molecule has 2 heterocycles. The summed E-state index contributed by atoms with van der Waals surface area (Å²) in [7, 11) is 0. The number of aromatic nitrogens is 4. The van der Waals surface area contributed by atoms with Crippen molar-refractivity contribution in [3.8, 4) is 0 Å². The number of rotatable bonds is 7. The number of piperazine rings is 1. The summed E-state index contributed by atoms with van der Waals surface area (Å²) in [4.78, 5) is 4.60. The van der Waals surface area contributed by atoms with E-state index >= 15 is 0 Å². The van der Waals surface area contributed by atoms with E-state index in [2.05, 4.69) is 59.9 Å². The second kappa shape index (κ2) is 8.55. The van der Waals surface area contributed by atoms with Crippen LogP contribution in [0.2, 0.25) is 0 Å². The normalized spacial score (nSPS) is 17.3. The SMILES string of the molecule is CCC(C)(C)n1nnnc1[C@@H](CC(C)C)N1CCN(c2ccccc2F)CC1. The molecule has 0 spiro atoms. The largest absolute Gasteiger partial charge is 0.367 e. The van der Waals surface area contributed by atoms with E-state index in [4.69, 9.17) is 0 Å². The molecule has 1 saturated heterocycles. The van der Waals surface area contributed by atoms with Crippen LogP contribution in [-0.4, -0.2) is 51.3 Å². The highest BCUT2D eigenvalue weighted by atomic mass is 19.1. The second-order valence-electron chi connectivity index (χ2n) is 8.73. The van der Waals surface area contributed by atoms with Crippen LogP contribution in [0.15, 0.2) is 24.3 Å². The Bertz CT molecular complexity index is 764. The maximum absolute atomic E-state index is 14.2.